The maximum Gasteiger partial charge on any atom is 0.234 e. The third-order valence-electron chi connectivity index (χ3n) is 11.1. The van der Waals surface area contributed by atoms with E-state index in [9.17, 15) is 28.0 Å². The van der Waals surface area contributed by atoms with Gasteiger partial charge in [-0.1, -0.05) is 0 Å². The van der Waals surface area contributed by atoms with Crippen LogP contribution in [0.15, 0.2) is 59.5 Å². The second-order valence-electron chi connectivity index (χ2n) is 15.9. The lowest BCUT2D eigenvalue weighted by atomic mass is 9.89. The Kier molecular flexibility index (Phi) is 14.1. The Hall–Kier alpha value is -5.13. The van der Waals surface area contributed by atoms with Crippen LogP contribution < -0.4 is 41.5 Å². The fourth-order valence-electron chi connectivity index (χ4n) is 8.02. The van der Waals surface area contributed by atoms with Gasteiger partial charge >= 0.3 is 0 Å². The number of hydrogen-bond donors (Lipinski definition) is 6. The smallest absolute Gasteiger partial charge is 0.234 e. The molecule has 2 unspecified atom stereocenters. The van der Waals surface area contributed by atoms with E-state index in [2.05, 4.69) is 62.4 Å². The number of carbonyl (C=O) groups is 2. The number of nitrogens with zero attached hydrogens (tertiary/aromatic N) is 5. The molecule has 0 spiro atoms. The lowest BCUT2D eigenvalue weighted by Gasteiger charge is -2.36. The minimum Gasteiger partial charge on any atom is -0.494 e. The van der Waals surface area contributed by atoms with Gasteiger partial charge in [-0.05, 0) is 104 Å². The molecule has 62 heavy (non-hydrogen) atoms. The number of benzene rings is 3. The minimum atomic E-state index is -2.81. The van der Waals surface area contributed by atoms with Crippen LogP contribution in [0.3, 0.4) is 0 Å². The molecule has 0 radical (unpaired) electrons. The number of aliphatic hydroxyl groups excluding tert-OH is 1. The Morgan fingerprint density at radius 3 is 2.42 bits per heavy atom. The second kappa shape index (κ2) is 19.5. The molecule has 19 heteroatoms. The molecular formula is C43H50BrF2N10O5P. The van der Waals surface area contributed by atoms with Gasteiger partial charge in [0.15, 0.2) is 0 Å². The Morgan fingerprint density at radius 2 is 1.73 bits per heavy atom. The normalized spacial score (nSPS) is 16.6. The maximum absolute atomic E-state index is 14.9. The lowest BCUT2D eigenvalue weighted by Crippen LogP contribution is -2.44. The predicted molar refractivity (Wildman–Crippen MR) is 240 cm³/mol. The first-order chi connectivity index (χ1) is 29.7. The van der Waals surface area contributed by atoms with Crippen LogP contribution in [-0.2, 0) is 20.6 Å². The van der Waals surface area contributed by atoms with Crippen molar-refractivity contribution in [3.63, 3.8) is 0 Å². The highest BCUT2D eigenvalue weighted by molar-refractivity contribution is 9.10. The molecule has 2 saturated heterocycles. The number of nitrogens with one attached hydrogen (secondary N) is 5. The van der Waals surface area contributed by atoms with Crippen LogP contribution in [0.2, 0.25) is 0 Å². The fourth-order valence-corrected chi connectivity index (χ4v) is 9.70. The van der Waals surface area contributed by atoms with E-state index >= 15 is 0 Å². The zero-order chi connectivity index (χ0) is 44.1. The first kappa shape index (κ1) is 44.9. The monoisotopic (exact) mass is 934 g/mol. The third-order valence-corrected chi connectivity index (χ3v) is 13.2. The van der Waals surface area contributed by atoms with Crippen LogP contribution in [0.5, 0.6) is 5.75 Å². The second-order valence-corrected chi connectivity index (χ2v) is 19.9. The molecule has 0 aliphatic carbocycles. The Balaban J connectivity index is 0.932. The highest BCUT2D eigenvalue weighted by Crippen LogP contribution is 2.42. The Bertz CT molecular complexity index is 2500. The largest absolute Gasteiger partial charge is 0.494 e. The summed E-state index contributed by atoms with van der Waals surface area (Å²) in [5, 5.41) is 27.2. The van der Waals surface area contributed by atoms with Crippen LogP contribution in [0.25, 0.3) is 11.0 Å². The van der Waals surface area contributed by atoms with Crippen LogP contribution in [0.4, 0.5) is 37.6 Å². The topological polar surface area (TPSA) is 196 Å². The summed E-state index contributed by atoms with van der Waals surface area (Å²) in [5.41, 5.74) is 4.14. The average molecular weight is 936 g/mol. The van der Waals surface area contributed by atoms with Crippen molar-refractivity contribution in [2.45, 2.75) is 57.1 Å². The number of methoxy groups -OCH3 is 1. The number of ether oxygens (including phenoxy) is 1. The van der Waals surface area contributed by atoms with Gasteiger partial charge in [0.1, 0.15) is 35.9 Å². The molecule has 0 bridgehead atoms. The van der Waals surface area contributed by atoms with E-state index in [1.165, 1.54) is 12.1 Å². The first-order valence-corrected chi connectivity index (χ1v) is 23.9. The number of aliphatic hydroxyl groups is 1. The average Bonchev–Trinajstić information content (AvgIpc) is 3.23. The summed E-state index contributed by atoms with van der Waals surface area (Å²) in [6.07, 6.45) is 6.28. The molecule has 4 heterocycles. The van der Waals surface area contributed by atoms with Gasteiger partial charge in [0.2, 0.25) is 17.8 Å². The van der Waals surface area contributed by atoms with Gasteiger partial charge in [-0.15, -0.1) is 0 Å². The maximum atomic E-state index is 14.9. The quantitative estimate of drug-likeness (QED) is 0.0374. The zero-order valence-corrected chi connectivity index (χ0v) is 37.4. The molecule has 2 aliphatic rings. The lowest BCUT2D eigenvalue weighted by molar-refractivity contribution is -0.134. The number of piperidine rings is 2. The van der Waals surface area contributed by atoms with E-state index in [4.69, 9.17) is 9.72 Å². The standard InChI is InChI=1S/C43H50BrF2N10O5P/c1-24(57)28-21-34(53-43-51-23-29(44)41(55-43)52-33-7-6-32-39(50-16-15-49-32)40(33)62(3,4)60)36(61-2)22-35(28)56-17-10-26(11-18-56)48-14-13-47-12-9-25-19-30(45)38(31(46)20-25)27-5-8-37(58)54-42(27)59/h6-7,15-16,19-24,26-27,47-48,57H,5,8-14,17-18H2,1-4H3,(H,54,58,59)(H2,51,52,53,55). The molecule has 3 aromatic carbocycles. The van der Waals surface area contributed by atoms with Crippen LogP contribution >= 0.6 is 23.1 Å². The molecular weight excluding hydrogens is 885 g/mol. The molecule has 5 aromatic rings. The molecule has 2 atom stereocenters. The highest BCUT2D eigenvalue weighted by Gasteiger charge is 2.33. The van der Waals surface area contributed by atoms with E-state index in [-0.39, 0.29) is 30.4 Å². The molecule has 2 aliphatic heterocycles. The summed E-state index contributed by atoms with van der Waals surface area (Å²) in [6.45, 7) is 8.50. The molecule has 0 saturated carbocycles. The molecule has 2 amide bonds. The number of fused-ring (bicyclic) bond motifs is 1. The van der Waals surface area contributed by atoms with Gasteiger partial charge < -0.3 is 40.6 Å². The number of amides is 2. The van der Waals surface area contributed by atoms with Crippen molar-refractivity contribution >= 4 is 80.1 Å². The van der Waals surface area contributed by atoms with Crippen molar-refractivity contribution in [3.05, 3.63) is 87.8 Å². The number of hydrogen-bond acceptors (Lipinski definition) is 14. The van der Waals surface area contributed by atoms with Gasteiger partial charge in [0, 0.05) is 80.1 Å². The summed E-state index contributed by atoms with van der Waals surface area (Å²) < 4.78 is 49.7. The number of aromatic nitrogens is 4. The Labute approximate surface area is 366 Å². The number of rotatable bonds is 16. The zero-order valence-electron chi connectivity index (χ0n) is 34.9. The van der Waals surface area contributed by atoms with Gasteiger partial charge in [0.05, 0.1) is 45.8 Å². The van der Waals surface area contributed by atoms with Crippen molar-refractivity contribution in [3.8, 4) is 5.75 Å². The molecule has 2 aromatic heterocycles. The first-order valence-electron chi connectivity index (χ1n) is 20.5. The molecule has 2 fully saturated rings. The third kappa shape index (κ3) is 10.4. The van der Waals surface area contributed by atoms with E-state index in [1.54, 1.807) is 46.0 Å². The van der Waals surface area contributed by atoms with Crippen molar-refractivity contribution in [1.29, 1.82) is 0 Å². The summed E-state index contributed by atoms with van der Waals surface area (Å²) in [4.78, 5) is 43.9. The number of halogens is 3. The van der Waals surface area contributed by atoms with E-state index in [0.29, 0.717) is 80.9 Å². The molecule has 7 rings (SSSR count). The van der Waals surface area contributed by atoms with E-state index in [1.807, 2.05) is 24.3 Å². The van der Waals surface area contributed by atoms with Crippen LogP contribution in [0, 0.1) is 11.6 Å². The number of anilines is 5. The van der Waals surface area contributed by atoms with Crippen molar-refractivity contribution in [2.24, 2.45) is 0 Å². The van der Waals surface area contributed by atoms with Gasteiger partial charge in [-0.2, -0.15) is 4.98 Å². The van der Waals surface area contributed by atoms with Crippen molar-refractivity contribution < 1.29 is 32.8 Å². The van der Waals surface area contributed by atoms with E-state index < -0.39 is 42.6 Å². The summed E-state index contributed by atoms with van der Waals surface area (Å²) >= 11 is 3.55. The fraction of sp³-hybridized carbons (Fsp3) is 0.395. The number of carbonyl (C=O) groups excluding carboxylic acids is 2. The number of imide groups is 1. The van der Waals surface area contributed by atoms with Gasteiger partial charge in [-0.3, -0.25) is 24.9 Å². The van der Waals surface area contributed by atoms with Crippen LogP contribution in [-0.4, -0.2) is 96.1 Å². The molecule has 15 nitrogen and oxygen atoms in total. The highest BCUT2D eigenvalue weighted by atomic mass is 79.9. The Morgan fingerprint density at radius 1 is 0.984 bits per heavy atom. The van der Waals surface area contributed by atoms with Crippen molar-refractivity contribution in [2.75, 3.05) is 68.7 Å². The van der Waals surface area contributed by atoms with E-state index in [0.717, 1.165) is 31.6 Å². The van der Waals surface area contributed by atoms with Gasteiger partial charge in [0.25, 0.3) is 0 Å². The predicted octanol–water partition coefficient (Wildman–Crippen LogP) is 6.17. The minimum absolute atomic E-state index is 0.0457. The van der Waals surface area contributed by atoms with Gasteiger partial charge in [-0.25, -0.2) is 13.8 Å². The summed E-state index contributed by atoms with van der Waals surface area (Å²) in [6, 6.07) is 10.2. The molecule has 6 N–H and O–H groups in total. The summed E-state index contributed by atoms with van der Waals surface area (Å²) in [7, 11) is -1.23. The summed E-state index contributed by atoms with van der Waals surface area (Å²) in [5.74, 6) is -2.43. The SMILES string of the molecule is COc1cc(N2CCC(NCCNCCc3cc(F)c(C4CCC(=O)NC4=O)c(F)c3)CC2)c(C(C)O)cc1Nc1ncc(Br)c(Nc2ccc3nccnc3c2P(C)(C)=O)n1. The van der Waals surface area contributed by atoms with Crippen molar-refractivity contribution in [1.82, 2.24) is 35.9 Å². The molecule has 328 valence electrons. The van der Waals surface area contributed by atoms with Crippen LogP contribution in [0.1, 0.15) is 61.3 Å².